The predicted molar refractivity (Wildman–Crippen MR) is 82.4 cm³/mol. The van der Waals surface area contributed by atoms with E-state index in [1.807, 2.05) is 0 Å². The van der Waals surface area contributed by atoms with Gasteiger partial charge in [-0.05, 0) is 37.3 Å². The average Bonchev–Trinajstić information content (AvgIpc) is 2.73. The number of carbonyl (C=O) groups is 1. The van der Waals surface area contributed by atoms with Crippen LogP contribution in [0.3, 0.4) is 0 Å². The molecule has 1 N–H and O–H groups in total. The molecule has 1 heterocycles. The number of nitrogens with zero attached hydrogens (tertiary/aromatic N) is 1. The summed E-state index contributed by atoms with van der Waals surface area (Å²) in [6.45, 7) is 11.2. The molecule has 0 spiro atoms. The summed E-state index contributed by atoms with van der Waals surface area (Å²) < 4.78 is 0. The minimum Gasteiger partial charge on any atom is -0.319 e. The zero-order valence-electron chi connectivity index (χ0n) is 13.2. The lowest BCUT2D eigenvalue weighted by Crippen LogP contribution is -2.42. The Morgan fingerprint density at radius 2 is 2.05 bits per heavy atom. The number of carbonyl (C=O) groups excluding carboxylic acids is 1. The van der Waals surface area contributed by atoms with E-state index in [4.69, 9.17) is 0 Å². The van der Waals surface area contributed by atoms with Gasteiger partial charge in [0, 0.05) is 6.04 Å². The van der Waals surface area contributed by atoms with E-state index < -0.39 is 0 Å². The molecule has 0 aliphatic carbocycles. The van der Waals surface area contributed by atoms with Crippen LogP contribution in [-0.2, 0) is 4.79 Å². The van der Waals surface area contributed by atoms with Gasteiger partial charge < -0.3 is 4.90 Å². The number of hydrogen-bond donors (Lipinski definition) is 1. The van der Waals surface area contributed by atoms with Gasteiger partial charge in [0.15, 0.2) is 0 Å². The first-order valence-electron chi connectivity index (χ1n) is 7.57. The largest absolute Gasteiger partial charge is 0.319 e. The molecule has 0 saturated carbocycles. The van der Waals surface area contributed by atoms with E-state index >= 15 is 0 Å². The Balaban J connectivity index is 2.36. The summed E-state index contributed by atoms with van der Waals surface area (Å²) in [6, 6.07) is 6.76. The third-order valence-corrected chi connectivity index (χ3v) is 4.28. The molecule has 20 heavy (non-hydrogen) atoms. The standard InChI is InChI=1S/C17H26N2O/c1-6-15(11(2)3)19-16(20)10-18-17(19)14-8-7-12(4)9-13(14)5/h7-9,11,15,17-18H,6,10H2,1-5H3. The third kappa shape index (κ3) is 2.73. The van der Waals surface area contributed by atoms with Crippen molar-refractivity contribution in [2.24, 2.45) is 5.92 Å². The lowest BCUT2D eigenvalue weighted by molar-refractivity contribution is -0.131. The molecule has 1 aliphatic rings. The SMILES string of the molecule is CCC(C(C)C)N1C(=O)CNC1c1ccc(C)cc1C. The Morgan fingerprint density at radius 1 is 1.35 bits per heavy atom. The summed E-state index contributed by atoms with van der Waals surface area (Å²) in [5.41, 5.74) is 3.74. The summed E-state index contributed by atoms with van der Waals surface area (Å²) in [5.74, 6) is 0.688. The number of aryl methyl sites for hydroxylation is 2. The topological polar surface area (TPSA) is 32.3 Å². The second kappa shape index (κ2) is 5.96. The Morgan fingerprint density at radius 3 is 2.60 bits per heavy atom. The van der Waals surface area contributed by atoms with Crippen molar-refractivity contribution < 1.29 is 4.79 Å². The molecule has 1 saturated heterocycles. The van der Waals surface area contributed by atoms with Crippen molar-refractivity contribution in [1.29, 1.82) is 0 Å². The fourth-order valence-corrected chi connectivity index (χ4v) is 3.28. The zero-order chi connectivity index (χ0) is 14.9. The lowest BCUT2D eigenvalue weighted by atomic mass is 9.97. The van der Waals surface area contributed by atoms with E-state index in [1.54, 1.807) is 0 Å². The Kier molecular flexibility index (Phi) is 4.48. The average molecular weight is 274 g/mol. The summed E-state index contributed by atoms with van der Waals surface area (Å²) in [7, 11) is 0. The first kappa shape index (κ1) is 15.0. The molecule has 0 aromatic heterocycles. The minimum atomic E-state index is 0.0236. The van der Waals surface area contributed by atoms with Gasteiger partial charge in [0.1, 0.15) is 6.17 Å². The van der Waals surface area contributed by atoms with E-state index in [9.17, 15) is 4.79 Å². The molecule has 1 amide bonds. The highest BCUT2D eigenvalue weighted by Gasteiger charge is 2.37. The highest BCUT2D eigenvalue weighted by molar-refractivity contribution is 5.81. The third-order valence-electron chi connectivity index (χ3n) is 4.28. The van der Waals surface area contributed by atoms with Crippen LogP contribution in [0.2, 0.25) is 0 Å². The van der Waals surface area contributed by atoms with Crippen LogP contribution in [0, 0.1) is 19.8 Å². The van der Waals surface area contributed by atoms with Crippen LogP contribution >= 0.6 is 0 Å². The minimum absolute atomic E-state index is 0.0236. The number of amides is 1. The quantitative estimate of drug-likeness (QED) is 0.914. The number of nitrogens with one attached hydrogen (secondary N) is 1. The second-order valence-corrected chi connectivity index (χ2v) is 6.16. The molecule has 1 aromatic carbocycles. The fourth-order valence-electron chi connectivity index (χ4n) is 3.28. The van der Waals surface area contributed by atoms with E-state index in [0.29, 0.717) is 18.5 Å². The molecule has 3 nitrogen and oxygen atoms in total. The Hall–Kier alpha value is -1.35. The van der Waals surface area contributed by atoms with Crippen LogP contribution in [0.5, 0.6) is 0 Å². The van der Waals surface area contributed by atoms with Crippen LogP contribution in [0.15, 0.2) is 18.2 Å². The molecule has 2 rings (SSSR count). The maximum Gasteiger partial charge on any atom is 0.238 e. The van der Waals surface area contributed by atoms with Gasteiger partial charge in [0.2, 0.25) is 5.91 Å². The summed E-state index contributed by atoms with van der Waals surface area (Å²) in [5, 5.41) is 3.38. The van der Waals surface area contributed by atoms with Crippen LogP contribution < -0.4 is 5.32 Å². The van der Waals surface area contributed by atoms with Crippen LogP contribution in [0.1, 0.15) is 50.0 Å². The van der Waals surface area contributed by atoms with E-state index in [1.165, 1.54) is 16.7 Å². The smallest absolute Gasteiger partial charge is 0.238 e. The molecule has 0 bridgehead atoms. The van der Waals surface area contributed by atoms with Crippen molar-refractivity contribution in [3.8, 4) is 0 Å². The van der Waals surface area contributed by atoms with Gasteiger partial charge in [-0.1, -0.05) is 44.5 Å². The number of rotatable bonds is 4. The predicted octanol–water partition coefficient (Wildman–Crippen LogP) is 3.17. The van der Waals surface area contributed by atoms with Crippen molar-refractivity contribution in [1.82, 2.24) is 10.2 Å². The first-order chi connectivity index (χ1) is 9.45. The van der Waals surface area contributed by atoms with Crippen LogP contribution in [0.4, 0.5) is 0 Å². The van der Waals surface area contributed by atoms with Gasteiger partial charge in [-0.2, -0.15) is 0 Å². The second-order valence-electron chi connectivity index (χ2n) is 6.16. The molecule has 1 aromatic rings. The van der Waals surface area contributed by atoms with E-state index in [-0.39, 0.29) is 12.1 Å². The summed E-state index contributed by atoms with van der Waals surface area (Å²) in [6.07, 6.45) is 1.02. The fraction of sp³-hybridized carbons (Fsp3) is 0.588. The van der Waals surface area contributed by atoms with Gasteiger partial charge in [0.25, 0.3) is 0 Å². The van der Waals surface area contributed by atoms with Crippen molar-refractivity contribution in [3.63, 3.8) is 0 Å². The summed E-state index contributed by atoms with van der Waals surface area (Å²) >= 11 is 0. The van der Waals surface area contributed by atoms with Crippen LogP contribution in [0.25, 0.3) is 0 Å². The Bertz CT molecular complexity index is 496. The van der Waals surface area contributed by atoms with Crippen molar-refractivity contribution in [2.75, 3.05) is 6.54 Å². The van der Waals surface area contributed by atoms with Crippen molar-refractivity contribution >= 4 is 5.91 Å². The highest BCUT2D eigenvalue weighted by atomic mass is 16.2. The van der Waals surface area contributed by atoms with Gasteiger partial charge in [-0.3, -0.25) is 10.1 Å². The molecule has 1 fully saturated rings. The molecule has 2 atom stereocenters. The molecular weight excluding hydrogens is 248 g/mol. The molecule has 110 valence electrons. The lowest BCUT2D eigenvalue weighted by Gasteiger charge is -2.35. The highest BCUT2D eigenvalue weighted by Crippen LogP contribution is 2.31. The van der Waals surface area contributed by atoms with E-state index in [0.717, 1.165) is 6.42 Å². The molecule has 1 aliphatic heterocycles. The molecule has 3 heteroatoms. The maximum atomic E-state index is 12.3. The molecule has 0 radical (unpaired) electrons. The van der Waals surface area contributed by atoms with Gasteiger partial charge in [-0.25, -0.2) is 0 Å². The van der Waals surface area contributed by atoms with E-state index in [2.05, 4.69) is 63.0 Å². The van der Waals surface area contributed by atoms with Crippen molar-refractivity contribution in [2.45, 2.75) is 53.2 Å². The van der Waals surface area contributed by atoms with Gasteiger partial charge in [0.05, 0.1) is 6.54 Å². The molecular formula is C17H26N2O. The maximum absolute atomic E-state index is 12.3. The van der Waals surface area contributed by atoms with Gasteiger partial charge in [-0.15, -0.1) is 0 Å². The molecule has 2 unspecified atom stereocenters. The number of benzene rings is 1. The monoisotopic (exact) mass is 274 g/mol. The Labute approximate surface area is 122 Å². The van der Waals surface area contributed by atoms with Crippen molar-refractivity contribution in [3.05, 3.63) is 34.9 Å². The normalized spacial score (nSPS) is 20.8. The zero-order valence-corrected chi connectivity index (χ0v) is 13.2. The van der Waals surface area contributed by atoms with Gasteiger partial charge >= 0.3 is 0 Å². The first-order valence-corrected chi connectivity index (χ1v) is 7.57. The summed E-state index contributed by atoms with van der Waals surface area (Å²) in [4.78, 5) is 14.4. The number of hydrogen-bond acceptors (Lipinski definition) is 2. The van der Waals surface area contributed by atoms with Crippen LogP contribution in [-0.4, -0.2) is 23.4 Å².